The third kappa shape index (κ3) is 4.73. The number of carbonyl (C=O) groups is 2. The van der Waals surface area contributed by atoms with Crippen LogP contribution in [0.4, 0.5) is 11.4 Å². The maximum atomic E-state index is 12.7. The number of rotatable bonds is 4. The average Bonchev–Trinajstić information content (AvgIpc) is 2.74. The second-order valence-electron chi connectivity index (χ2n) is 7.94. The molecule has 0 bridgehead atoms. The highest BCUT2D eigenvalue weighted by Crippen LogP contribution is 2.29. The standard InChI is InChI=1S/C25H23N3O2/c1-25(2,3)20-9-5-7-11-22(20)28-24(30)18-14-12-17(13-15-18)23(29)27-21-10-6-4-8-19(21)16-26/h4-15H,1-3H3,(H,27,29)(H,28,30). The van der Waals surface area contributed by atoms with E-state index in [9.17, 15) is 9.59 Å². The van der Waals surface area contributed by atoms with Crippen LogP contribution in [0.3, 0.4) is 0 Å². The summed E-state index contributed by atoms with van der Waals surface area (Å²) in [5.41, 5.74) is 3.40. The summed E-state index contributed by atoms with van der Waals surface area (Å²) in [4.78, 5) is 25.2. The zero-order valence-electron chi connectivity index (χ0n) is 17.2. The van der Waals surface area contributed by atoms with Crippen LogP contribution in [-0.4, -0.2) is 11.8 Å². The van der Waals surface area contributed by atoms with Gasteiger partial charge in [0.2, 0.25) is 0 Å². The van der Waals surface area contributed by atoms with Crippen LogP contribution in [0.1, 0.15) is 52.6 Å². The number of carbonyl (C=O) groups excluding carboxylic acids is 2. The molecule has 3 aromatic rings. The highest BCUT2D eigenvalue weighted by Gasteiger charge is 2.19. The number of amides is 2. The van der Waals surface area contributed by atoms with Gasteiger partial charge in [-0.2, -0.15) is 5.26 Å². The Morgan fingerprint density at radius 3 is 1.73 bits per heavy atom. The quantitative estimate of drug-likeness (QED) is 0.622. The van der Waals surface area contributed by atoms with Crippen molar-refractivity contribution in [2.75, 3.05) is 10.6 Å². The van der Waals surface area contributed by atoms with E-state index in [0.717, 1.165) is 11.3 Å². The number of nitrogens with one attached hydrogen (secondary N) is 2. The van der Waals surface area contributed by atoms with Crippen molar-refractivity contribution in [1.82, 2.24) is 0 Å². The minimum atomic E-state index is -0.345. The van der Waals surface area contributed by atoms with Gasteiger partial charge in [-0.05, 0) is 53.4 Å². The Kier molecular flexibility index (Phi) is 5.98. The second kappa shape index (κ2) is 8.62. The van der Waals surface area contributed by atoms with Crippen molar-refractivity contribution in [3.8, 4) is 6.07 Å². The molecule has 2 N–H and O–H groups in total. The molecule has 0 aliphatic heterocycles. The van der Waals surface area contributed by atoms with E-state index >= 15 is 0 Å². The molecule has 0 heterocycles. The first kappa shape index (κ1) is 20.8. The summed E-state index contributed by atoms with van der Waals surface area (Å²) >= 11 is 0. The number of nitrogens with zero attached hydrogens (tertiary/aromatic N) is 1. The number of hydrogen-bond donors (Lipinski definition) is 2. The number of nitriles is 1. The van der Waals surface area contributed by atoms with E-state index in [1.165, 1.54) is 0 Å². The number of hydrogen-bond acceptors (Lipinski definition) is 3. The summed E-state index contributed by atoms with van der Waals surface area (Å²) in [6.07, 6.45) is 0. The smallest absolute Gasteiger partial charge is 0.255 e. The van der Waals surface area contributed by atoms with Gasteiger partial charge in [0.1, 0.15) is 6.07 Å². The third-order valence-electron chi connectivity index (χ3n) is 4.69. The van der Waals surface area contributed by atoms with E-state index in [-0.39, 0.29) is 17.2 Å². The Morgan fingerprint density at radius 1 is 0.733 bits per heavy atom. The van der Waals surface area contributed by atoms with Crippen molar-refractivity contribution < 1.29 is 9.59 Å². The van der Waals surface area contributed by atoms with Gasteiger partial charge in [-0.1, -0.05) is 51.1 Å². The molecule has 0 unspecified atom stereocenters. The largest absolute Gasteiger partial charge is 0.322 e. The SMILES string of the molecule is CC(C)(C)c1ccccc1NC(=O)c1ccc(C(=O)Nc2ccccc2C#N)cc1. The molecule has 3 aromatic carbocycles. The molecule has 5 nitrogen and oxygen atoms in total. The molecular weight excluding hydrogens is 374 g/mol. The van der Waals surface area contributed by atoms with Gasteiger partial charge in [-0.15, -0.1) is 0 Å². The lowest BCUT2D eigenvalue weighted by molar-refractivity contribution is 0.101. The molecule has 0 saturated carbocycles. The van der Waals surface area contributed by atoms with Crippen molar-refractivity contribution in [2.45, 2.75) is 26.2 Å². The van der Waals surface area contributed by atoms with Crippen LogP contribution in [0.2, 0.25) is 0 Å². The maximum Gasteiger partial charge on any atom is 0.255 e. The van der Waals surface area contributed by atoms with Crippen LogP contribution >= 0.6 is 0 Å². The number of anilines is 2. The predicted molar refractivity (Wildman–Crippen MR) is 119 cm³/mol. The van der Waals surface area contributed by atoms with Crippen LogP contribution in [0, 0.1) is 11.3 Å². The molecule has 0 spiro atoms. The van der Waals surface area contributed by atoms with Gasteiger partial charge >= 0.3 is 0 Å². The first-order valence-electron chi connectivity index (χ1n) is 9.61. The first-order valence-corrected chi connectivity index (χ1v) is 9.61. The molecule has 0 radical (unpaired) electrons. The monoisotopic (exact) mass is 397 g/mol. The molecule has 0 aliphatic carbocycles. The van der Waals surface area contributed by atoms with Crippen LogP contribution < -0.4 is 10.6 Å². The van der Waals surface area contributed by atoms with E-state index in [4.69, 9.17) is 5.26 Å². The van der Waals surface area contributed by atoms with E-state index in [1.807, 2.05) is 30.3 Å². The van der Waals surface area contributed by atoms with Crippen LogP contribution in [0.15, 0.2) is 72.8 Å². The Bertz CT molecular complexity index is 1120. The highest BCUT2D eigenvalue weighted by atomic mass is 16.2. The zero-order valence-corrected chi connectivity index (χ0v) is 17.2. The molecule has 150 valence electrons. The molecule has 5 heteroatoms. The van der Waals surface area contributed by atoms with Gasteiger partial charge in [0.25, 0.3) is 11.8 Å². The minimum Gasteiger partial charge on any atom is -0.322 e. The van der Waals surface area contributed by atoms with Crippen molar-refractivity contribution in [3.63, 3.8) is 0 Å². The topological polar surface area (TPSA) is 82.0 Å². The third-order valence-corrected chi connectivity index (χ3v) is 4.69. The zero-order chi connectivity index (χ0) is 21.7. The van der Waals surface area contributed by atoms with Crippen molar-refractivity contribution >= 4 is 23.2 Å². The van der Waals surface area contributed by atoms with Crippen molar-refractivity contribution in [3.05, 3.63) is 95.1 Å². The Hall–Kier alpha value is -3.91. The fourth-order valence-corrected chi connectivity index (χ4v) is 3.10. The van der Waals surface area contributed by atoms with Crippen molar-refractivity contribution in [1.29, 1.82) is 5.26 Å². The van der Waals surface area contributed by atoms with Crippen LogP contribution in [0.25, 0.3) is 0 Å². The van der Waals surface area contributed by atoms with E-state index in [0.29, 0.717) is 22.4 Å². The summed E-state index contributed by atoms with van der Waals surface area (Å²) in [5.74, 6) is -0.587. The van der Waals surface area contributed by atoms with Gasteiger partial charge < -0.3 is 10.6 Å². The van der Waals surface area contributed by atoms with Gasteiger partial charge in [0, 0.05) is 16.8 Å². The number of para-hydroxylation sites is 2. The van der Waals surface area contributed by atoms with E-state index < -0.39 is 0 Å². The summed E-state index contributed by atoms with van der Waals surface area (Å²) in [7, 11) is 0. The van der Waals surface area contributed by atoms with E-state index in [1.54, 1.807) is 48.5 Å². The molecule has 2 amide bonds. The summed E-state index contributed by atoms with van der Waals surface area (Å²) in [6, 6.07) is 23.0. The van der Waals surface area contributed by atoms with Crippen LogP contribution in [-0.2, 0) is 5.41 Å². The predicted octanol–water partition coefficient (Wildman–Crippen LogP) is 5.36. The summed E-state index contributed by atoms with van der Waals surface area (Å²) in [6.45, 7) is 6.28. The van der Waals surface area contributed by atoms with Gasteiger partial charge in [-0.3, -0.25) is 9.59 Å². The van der Waals surface area contributed by atoms with E-state index in [2.05, 4.69) is 31.4 Å². The Morgan fingerprint density at radius 2 is 1.20 bits per heavy atom. The maximum absolute atomic E-state index is 12.7. The lowest BCUT2D eigenvalue weighted by Crippen LogP contribution is -2.19. The fraction of sp³-hybridized carbons (Fsp3) is 0.160. The summed E-state index contributed by atoms with van der Waals surface area (Å²) in [5, 5.41) is 14.8. The Labute approximate surface area is 176 Å². The van der Waals surface area contributed by atoms with Crippen molar-refractivity contribution in [2.24, 2.45) is 0 Å². The Balaban J connectivity index is 1.74. The lowest BCUT2D eigenvalue weighted by atomic mass is 9.86. The summed E-state index contributed by atoms with van der Waals surface area (Å²) < 4.78 is 0. The highest BCUT2D eigenvalue weighted by molar-refractivity contribution is 6.07. The normalized spacial score (nSPS) is 10.7. The average molecular weight is 397 g/mol. The molecule has 0 fully saturated rings. The molecule has 3 rings (SSSR count). The molecule has 0 aromatic heterocycles. The molecule has 30 heavy (non-hydrogen) atoms. The number of benzene rings is 3. The van der Waals surface area contributed by atoms with Gasteiger partial charge in [-0.25, -0.2) is 0 Å². The second-order valence-corrected chi connectivity index (χ2v) is 7.94. The molecule has 0 saturated heterocycles. The molecule has 0 atom stereocenters. The van der Waals surface area contributed by atoms with Crippen LogP contribution in [0.5, 0.6) is 0 Å². The first-order chi connectivity index (χ1) is 14.3. The lowest BCUT2D eigenvalue weighted by Gasteiger charge is -2.23. The molecule has 0 aliphatic rings. The molecular formula is C25H23N3O2. The van der Waals surface area contributed by atoms with Gasteiger partial charge in [0.15, 0.2) is 0 Å². The fourth-order valence-electron chi connectivity index (χ4n) is 3.10. The minimum absolute atomic E-state index is 0.106. The van der Waals surface area contributed by atoms with Gasteiger partial charge in [0.05, 0.1) is 11.3 Å².